The van der Waals surface area contributed by atoms with Crippen molar-refractivity contribution in [1.29, 1.82) is 0 Å². The summed E-state index contributed by atoms with van der Waals surface area (Å²) in [5.74, 6) is -9.05. The standard InChI is InChI=1S/C15H18O10/c1-4-10(19)23-15(24-11(20)5-2,25-12(21)6-3)13(22)14(7-16,8-17)9-18/h4-6,16-18H,1-3,7-9H2. The first-order valence-electron chi connectivity index (χ1n) is 6.64. The Morgan fingerprint density at radius 3 is 1.20 bits per heavy atom. The number of ether oxygens (including phenoxy) is 3. The minimum Gasteiger partial charge on any atom is -0.395 e. The van der Waals surface area contributed by atoms with Gasteiger partial charge in [-0.1, -0.05) is 19.7 Å². The van der Waals surface area contributed by atoms with Crippen LogP contribution in [0.4, 0.5) is 0 Å². The number of carbonyl (C=O) groups is 4. The lowest BCUT2D eigenvalue weighted by atomic mass is 9.84. The Morgan fingerprint density at radius 1 is 0.720 bits per heavy atom. The number of aliphatic hydroxyl groups excluding tert-OH is 3. The molecule has 0 spiro atoms. The van der Waals surface area contributed by atoms with E-state index in [0.717, 1.165) is 0 Å². The molecule has 0 saturated carbocycles. The van der Waals surface area contributed by atoms with E-state index >= 15 is 0 Å². The van der Waals surface area contributed by atoms with Crippen molar-refractivity contribution in [3.63, 3.8) is 0 Å². The maximum Gasteiger partial charge on any atom is 0.490 e. The lowest BCUT2D eigenvalue weighted by Crippen LogP contribution is -2.59. The molecule has 10 nitrogen and oxygen atoms in total. The lowest BCUT2D eigenvalue weighted by Gasteiger charge is -2.35. The van der Waals surface area contributed by atoms with E-state index in [-0.39, 0.29) is 0 Å². The topological polar surface area (TPSA) is 157 Å². The smallest absolute Gasteiger partial charge is 0.395 e. The van der Waals surface area contributed by atoms with Crippen molar-refractivity contribution < 1.29 is 48.7 Å². The summed E-state index contributed by atoms with van der Waals surface area (Å²) in [4.78, 5) is 47.4. The molecule has 0 amide bonds. The molecule has 0 aromatic rings. The molecule has 0 aliphatic rings. The number of ketones is 1. The van der Waals surface area contributed by atoms with Gasteiger partial charge in [-0.3, -0.25) is 4.79 Å². The van der Waals surface area contributed by atoms with Crippen molar-refractivity contribution >= 4 is 23.7 Å². The molecule has 0 atom stereocenters. The van der Waals surface area contributed by atoms with E-state index in [1.54, 1.807) is 0 Å². The molecule has 0 aromatic carbocycles. The molecule has 0 fully saturated rings. The zero-order valence-corrected chi connectivity index (χ0v) is 13.2. The van der Waals surface area contributed by atoms with Crippen LogP contribution < -0.4 is 0 Å². The van der Waals surface area contributed by atoms with Gasteiger partial charge in [-0.05, 0) is 0 Å². The van der Waals surface area contributed by atoms with Gasteiger partial charge in [0, 0.05) is 18.2 Å². The van der Waals surface area contributed by atoms with Crippen molar-refractivity contribution in [3.05, 3.63) is 38.0 Å². The van der Waals surface area contributed by atoms with Crippen LogP contribution in [0.1, 0.15) is 0 Å². The molecule has 0 unspecified atom stereocenters. The van der Waals surface area contributed by atoms with Gasteiger partial charge in [-0.2, -0.15) is 0 Å². The van der Waals surface area contributed by atoms with E-state index in [9.17, 15) is 34.5 Å². The van der Waals surface area contributed by atoms with Crippen molar-refractivity contribution in [2.75, 3.05) is 19.8 Å². The van der Waals surface area contributed by atoms with E-state index in [4.69, 9.17) is 0 Å². The first-order valence-corrected chi connectivity index (χ1v) is 6.64. The summed E-state index contributed by atoms with van der Waals surface area (Å²) in [5, 5.41) is 28.1. The Labute approximate surface area is 142 Å². The zero-order chi connectivity index (χ0) is 19.7. The Bertz CT molecular complexity index is 510. The zero-order valence-electron chi connectivity index (χ0n) is 13.2. The normalized spacial score (nSPS) is 11.0. The fourth-order valence-electron chi connectivity index (χ4n) is 1.41. The number of carbonyl (C=O) groups excluding carboxylic acids is 4. The summed E-state index contributed by atoms with van der Waals surface area (Å²) in [6, 6.07) is 0. The number of aliphatic hydroxyl groups is 3. The third-order valence-electron chi connectivity index (χ3n) is 2.87. The Balaban J connectivity index is 6.39. The van der Waals surface area contributed by atoms with Crippen LogP contribution in [0, 0.1) is 5.41 Å². The average molecular weight is 358 g/mol. The first-order chi connectivity index (χ1) is 11.7. The van der Waals surface area contributed by atoms with Gasteiger partial charge in [-0.25, -0.2) is 14.4 Å². The monoisotopic (exact) mass is 358 g/mol. The molecule has 25 heavy (non-hydrogen) atoms. The predicted octanol–water partition coefficient (Wildman–Crippen LogP) is -1.64. The van der Waals surface area contributed by atoms with E-state index < -0.39 is 54.9 Å². The van der Waals surface area contributed by atoms with Crippen LogP contribution in [0.3, 0.4) is 0 Å². The Hall–Kier alpha value is -2.82. The molecule has 0 aliphatic carbocycles. The minimum absolute atomic E-state index is 0.560. The van der Waals surface area contributed by atoms with Crippen LogP contribution in [0.25, 0.3) is 0 Å². The second-order valence-electron chi connectivity index (χ2n) is 4.52. The quantitative estimate of drug-likeness (QED) is 0.222. The molecule has 0 heterocycles. The van der Waals surface area contributed by atoms with Crippen molar-refractivity contribution in [2.24, 2.45) is 5.41 Å². The summed E-state index contributed by atoms with van der Waals surface area (Å²) in [7, 11) is 0. The number of esters is 3. The molecular weight excluding hydrogens is 340 g/mol. The highest BCUT2D eigenvalue weighted by atomic mass is 16.9. The molecule has 10 heteroatoms. The van der Waals surface area contributed by atoms with Crippen LogP contribution in [0.5, 0.6) is 0 Å². The summed E-state index contributed by atoms with van der Waals surface area (Å²) in [6.45, 7) is 5.72. The van der Waals surface area contributed by atoms with Gasteiger partial charge in [0.2, 0.25) is 0 Å². The van der Waals surface area contributed by atoms with Gasteiger partial charge in [0.15, 0.2) is 0 Å². The number of hydrogen-bond acceptors (Lipinski definition) is 10. The molecule has 0 rings (SSSR count). The average Bonchev–Trinajstić information content (AvgIpc) is 2.62. The van der Waals surface area contributed by atoms with Gasteiger partial charge in [-0.15, -0.1) is 0 Å². The van der Waals surface area contributed by atoms with Crippen LogP contribution >= 0.6 is 0 Å². The summed E-state index contributed by atoms with van der Waals surface area (Å²) < 4.78 is 13.8. The molecule has 3 N–H and O–H groups in total. The maximum atomic E-state index is 12.7. The highest BCUT2D eigenvalue weighted by Crippen LogP contribution is 2.30. The predicted molar refractivity (Wildman–Crippen MR) is 80.3 cm³/mol. The number of rotatable bonds is 11. The first kappa shape index (κ1) is 22.2. The van der Waals surface area contributed by atoms with Crippen LogP contribution in [-0.4, -0.2) is 64.8 Å². The lowest BCUT2D eigenvalue weighted by molar-refractivity contribution is -0.311. The summed E-state index contributed by atoms with van der Waals surface area (Å²) in [6.07, 6.45) is 1.68. The van der Waals surface area contributed by atoms with Crippen LogP contribution in [0.2, 0.25) is 0 Å². The highest BCUT2D eigenvalue weighted by molar-refractivity contribution is 5.98. The summed E-state index contributed by atoms with van der Waals surface area (Å²) >= 11 is 0. The largest absolute Gasteiger partial charge is 0.490 e. The summed E-state index contributed by atoms with van der Waals surface area (Å²) in [5.41, 5.74) is -2.38. The number of Topliss-reactive ketones (excluding diaryl/α,β-unsaturated/α-hetero) is 1. The highest BCUT2D eigenvalue weighted by Gasteiger charge is 2.59. The second-order valence-corrected chi connectivity index (χ2v) is 4.52. The molecule has 0 bridgehead atoms. The van der Waals surface area contributed by atoms with Gasteiger partial charge in [0.1, 0.15) is 5.41 Å². The second kappa shape index (κ2) is 9.47. The molecule has 0 aromatic heterocycles. The van der Waals surface area contributed by atoms with Crippen molar-refractivity contribution in [1.82, 2.24) is 0 Å². The van der Waals surface area contributed by atoms with Crippen LogP contribution in [0.15, 0.2) is 38.0 Å². The molecule has 0 radical (unpaired) electrons. The number of hydrogen-bond donors (Lipinski definition) is 3. The van der Waals surface area contributed by atoms with Gasteiger partial charge in [0.25, 0.3) is 5.78 Å². The van der Waals surface area contributed by atoms with Crippen LogP contribution in [-0.2, 0) is 33.4 Å². The molecular formula is C15H18O10. The Kier molecular flexibility index (Phi) is 8.40. The van der Waals surface area contributed by atoms with Crippen molar-refractivity contribution in [3.8, 4) is 0 Å². The van der Waals surface area contributed by atoms with Gasteiger partial charge < -0.3 is 29.5 Å². The van der Waals surface area contributed by atoms with E-state index in [1.165, 1.54) is 0 Å². The van der Waals surface area contributed by atoms with E-state index in [2.05, 4.69) is 33.9 Å². The fourth-order valence-corrected chi connectivity index (χ4v) is 1.41. The third-order valence-corrected chi connectivity index (χ3v) is 2.87. The van der Waals surface area contributed by atoms with E-state index in [1.807, 2.05) is 0 Å². The maximum absolute atomic E-state index is 12.7. The van der Waals surface area contributed by atoms with E-state index in [0.29, 0.717) is 18.2 Å². The Morgan fingerprint density at radius 2 is 1.00 bits per heavy atom. The third kappa shape index (κ3) is 5.08. The fraction of sp³-hybridized carbons (Fsp3) is 0.333. The molecule has 0 saturated heterocycles. The molecule has 0 aliphatic heterocycles. The van der Waals surface area contributed by atoms with Gasteiger partial charge in [0.05, 0.1) is 19.8 Å². The SMILES string of the molecule is C=CC(=O)OC(OC(=O)C=C)(OC(=O)C=C)C(=O)C(CO)(CO)CO. The molecule has 138 valence electrons. The minimum atomic E-state index is -3.37. The van der Waals surface area contributed by atoms with Gasteiger partial charge >= 0.3 is 23.9 Å². The van der Waals surface area contributed by atoms with Crippen molar-refractivity contribution in [2.45, 2.75) is 5.97 Å².